The Morgan fingerprint density at radius 3 is 2.61 bits per heavy atom. The van der Waals surface area contributed by atoms with Gasteiger partial charge in [0.25, 0.3) is 11.8 Å². The van der Waals surface area contributed by atoms with Crippen LogP contribution in [0.1, 0.15) is 59.3 Å². The Balaban J connectivity index is 0.000000185. The quantitative estimate of drug-likeness (QED) is 0.783. The number of benzene rings is 2. The van der Waals surface area contributed by atoms with Crippen LogP contribution in [0.2, 0.25) is 0 Å². The molecule has 1 atom stereocenters. The van der Waals surface area contributed by atoms with Gasteiger partial charge in [-0.25, -0.2) is 0 Å². The lowest BCUT2D eigenvalue weighted by Crippen LogP contribution is -2.25. The van der Waals surface area contributed by atoms with Gasteiger partial charge in [-0.05, 0) is 40.7 Å². The summed E-state index contributed by atoms with van der Waals surface area (Å²) in [5.74, 6) is 1.16. The maximum Gasteiger partial charge on any atom is 0.254 e. The van der Waals surface area contributed by atoms with E-state index in [2.05, 4.69) is 62.2 Å². The number of carbonyl (C=O) groups excluding carboxylic acids is 2. The second-order valence-corrected chi connectivity index (χ2v) is 8.28. The molecule has 2 aromatic rings. The zero-order chi connectivity index (χ0) is 22.5. The number of hydrogen-bond donors (Lipinski definition) is 2. The van der Waals surface area contributed by atoms with Crippen molar-refractivity contribution in [2.75, 3.05) is 7.05 Å². The highest BCUT2D eigenvalue weighted by atomic mass is 16.2. The summed E-state index contributed by atoms with van der Waals surface area (Å²) in [6.07, 6.45) is 4.80. The molecule has 2 aromatic carbocycles. The summed E-state index contributed by atoms with van der Waals surface area (Å²) in [7, 11) is 1.84. The van der Waals surface area contributed by atoms with E-state index in [1.165, 1.54) is 11.1 Å². The molecule has 0 bridgehead atoms. The molecular formula is C26H31N3O2. The van der Waals surface area contributed by atoms with Crippen LogP contribution < -0.4 is 10.6 Å². The predicted octanol–water partition coefficient (Wildman–Crippen LogP) is 4.22. The summed E-state index contributed by atoms with van der Waals surface area (Å²) in [5, 5.41) is 5.61. The first-order valence-electron chi connectivity index (χ1n) is 10.7. The van der Waals surface area contributed by atoms with Crippen molar-refractivity contribution in [3.8, 4) is 0 Å². The number of nitrogens with zero attached hydrogens (tertiary/aromatic N) is 1. The van der Waals surface area contributed by atoms with Crippen LogP contribution in [-0.2, 0) is 17.8 Å². The third-order valence-electron chi connectivity index (χ3n) is 5.51. The first kappa shape index (κ1) is 22.3. The van der Waals surface area contributed by atoms with Gasteiger partial charge in [-0.15, -0.1) is 0 Å². The zero-order valence-corrected chi connectivity index (χ0v) is 18.7. The Kier molecular flexibility index (Phi) is 6.95. The van der Waals surface area contributed by atoms with E-state index >= 15 is 0 Å². The molecule has 1 unspecified atom stereocenters. The fraction of sp³-hybridized carbons (Fsp3) is 0.308. The van der Waals surface area contributed by atoms with Crippen molar-refractivity contribution in [2.45, 2.75) is 45.7 Å². The summed E-state index contributed by atoms with van der Waals surface area (Å²) >= 11 is 0. The highest BCUT2D eigenvalue weighted by molar-refractivity contribution is 5.98. The molecule has 0 aromatic heterocycles. The van der Waals surface area contributed by atoms with E-state index < -0.39 is 0 Å². The molecule has 0 aliphatic carbocycles. The number of nitrogens with one attached hydrogen (secondary N) is 2. The summed E-state index contributed by atoms with van der Waals surface area (Å²) < 4.78 is 0. The molecule has 4 rings (SSSR count). The number of carbonyl (C=O) groups is 2. The lowest BCUT2D eigenvalue weighted by molar-refractivity contribution is -0.119. The van der Waals surface area contributed by atoms with Gasteiger partial charge in [-0.2, -0.15) is 0 Å². The van der Waals surface area contributed by atoms with Gasteiger partial charge >= 0.3 is 0 Å². The molecule has 2 aliphatic heterocycles. The van der Waals surface area contributed by atoms with Crippen molar-refractivity contribution in [3.63, 3.8) is 0 Å². The molecule has 1 saturated heterocycles. The maximum atomic E-state index is 11.6. The summed E-state index contributed by atoms with van der Waals surface area (Å²) in [6, 6.07) is 14.2. The van der Waals surface area contributed by atoms with Crippen LogP contribution in [0.15, 0.2) is 60.9 Å². The SMILES string of the molecule is C=C1NC(=O)C(/C=C/c2cccc(C(C)C)c2)N1.CCc1ccc2c(c1)C(=O)N(C)C2. The molecule has 5 heteroatoms. The van der Waals surface area contributed by atoms with E-state index in [9.17, 15) is 9.59 Å². The van der Waals surface area contributed by atoms with Crippen LogP contribution in [0.5, 0.6) is 0 Å². The maximum absolute atomic E-state index is 11.6. The number of aryl methyl sites for hydroxylation is 1. The van der Waals surface area contributed by atoms with E-state index in [1.807, 2.05) is 37.4 Å². The molecule has 31 heavy (non-hydrogen) atoms. The van der Waals surface area contributed by atoms with Gasteiger partial charge in [0, 0.05) is 19.2 Å². The van der Waals surface area contributed by atoms with Crippen LogP contribution in [-0.4, -0.2) is 29.8 Å². The third-order valence-corrected chi connectivity index (χ3v) is 5.51. The van der Waals surface area contributed by atoms with Crippen LogP contribution >= 0.6 is 0 Å². The van der Waals surface area contributed by atoms with Crippen LogP contribution in [0, 0.1) is 0 Å². The molecule has 1 fully saturated rings. The van der Waals surface area contributed by atoms with E-state index in [-0.39, 0.29) is 17.9 Å². The average Bonchev–Trinajstić information content (AvgIpc) is 3.23. The number of amides is 2. The van der Waals surface area contributed by atoms with Gasteiger partial charge in [0.15, 0.2) is 0 Å². The molecule has 2 aliphatic rings. The first-order valence-corrected chi connectivity index (χ1v) is 10.7. The summed E-state index contributed by atoms with van der Waals surface area (Å²) in [5.41, 5.74) is 5.69. The zero-order valence-electron chi connectivity index (χ0n) is 18.7. The minimum atomic E-state index is -0.319. The highest BCUT2D eigenvalue weighted by Crippen LogP contribution is 2.22. The van der Waals surface area contributed by atoms with Gasteiger partial charge < -0.3 is 15.5 Å². The fourth-order valence-corrected chi connectivity index (χ4v) is 3.59. The lowest BCUT2D eigenvalue weighted by Gasteiger charge is -2.06. The van der Waals surface area contributed by atoms with Crippen LogP contribution in [0.4, 0.5) is 0 Å². The number of hydrogen-bond acceptors (Lipinski definition) is 3. The number of fused-ring (bicyclic) bond motifs is 1. The smallest absolute Gasteiger partial charge is 0.254 e. The van der Waals surface area contributed by atoms with Crippen molar-refractivity contribution < 1.29 is 9.59 Å². The summed E-state index contributed by atoms with van der Waals surface area (Å²) in [4.78, 5) is 24.8. The second-order valence-electron chi connectivity index (χ2n) is 8.28. The molecule has 2 N–H and O–H groups in total. The average molecular weight is 418 g/mol. The van der Waals surface area contributed by atoms with Gasteiger partial charge in [-0.1, -0.05) is 75.9 Å². The Labute approximate surface area is 184 Å². The van der Waals surface area contributed by atoms with Crippen molar-refractivity contribution >= 4 is 17.9 Å². The van der Waals surface area contributed by atoms with Gasteiger partial charge in [0.1, 0.15) is 6.04 Å². The Bertz CT molecular complexity index is 1020. The minimum Gasteiger partial charge on any atom is -0.357 e. The molecular weight excluding hydrogens is 386 g/mol. The topological polar surface area (TPSA) is 61.4 Å². The van der Waals surface area contributed by atoms with Gasteiger partial charge in [0.05, 0.1) is 5.82 Å². The highest BCUT2D eigenvalue weighted by Gasteiger charge is 2.24. The largest absolute Gasteiger partial charge is 0.357 e. The van der Waals surface area contributed by atoms with E-state index in [0.29, 0.717) is 11.7 Å². The Morgan fingerprint density at radius 2 is 1.97 bits per heavy atom. The first-order chi connectivity index (χ1) is 14.8. The van der Waals surface area contributed by atoms with Crippen LogP contribution in [0.25, 0.3) is 6.08 Å². The monoisotopic (exact) mass is 417 g/mol. The summed E-state index contributed by atoms with van der Waals surface area (Å²) in [6.45, 7) is 10.9. The normalized spacial score (nSPS) is 17.5. The molecule has 5 nitrogen and oxygen atoms in total. The van der Waals surface area contributed by atoms with Gasteiger partial charge in [-0.3, -0.25) is 9.59 Å². The van der Waals surface area contributed by atoms with Gasteiger partial charge in [0.2, 0.25) is 0 Å². The second kappa shape index (κ2) is 9.65. The van der Waals surface area contributed by atoms with Crippen molar-refractivity contribution in [1.82, 2.24) is 15.5 Å². The van der Waals surface area contributed by atoms with E-state index in [0.717, 1.165) is 29.7 Å². The van der Waals surface area contributed by atoms with E-state index in [4.69, 9.17) is 0 Å². The number of rotatable bonds is 4. The van der Waals surface area contributed by atoms with E-state index in [1.54, 1.807) is 4.90 Å². The molecule has 2 amide bonds. The Hall–Kier alpha value is -3.34. The van der Waals surface area contributed by atoms with Crippen LogP contribution in [0.3, 0.4) is 0 Å². The third kappa shape index (κ3) is 5.43. The standard InChI is InChI=1S/C15H18N2O.C11H13NO/c1-10(2)13-6-4-5-12(9-13)7-8-14-15(18)17-11(3)16-14;1-3-8-4-5-9-7-12(2)11(13)10(9)6-8/h4-10,14,16H,3H2,1-2H3,(H,17,18);4-6H,3,7H2,1-2H3/b8-7+;. The Morgan fingerprint density at radius 1 is 1.19 bits per heavy atom. The minimum absolute atomic E-state index is 0.0590. The van der Waals surface area contributed by atoms with Crippen molar-refractivity contribution in [2.24, 2.45) is 0 Å². The molecule has 0 radical (unpaired) electrons. The molecule has 2 heterocycles. The molecule has 0 spiro atoms. The van der Waals surface area contributed by atoms with Crippen molar-refractivity contribution in [1.29, 1.82) is 0 Å². The fourth-order valence-electron chi connectivity index (χ4n) is 3.59. The lowest BCUT2D eigenvalue weighted by atomic mass is 10.0. The van der Waals surface area contributed by atoms with Crippen molar-refractivity contribution in [3.05, 3.63) is 88.8 Å². The molecule has 162 valence electrons. The predicted molar refractivity (Wildman–Crippen MR) is 125 cm³/mol. The molecule has 0 saturated carbocycles.